The number of anilines is 2. The van der Waals surface area contributed by atoms with Gasteiger partial charge in [-0.1, -0.05) is 19.4 Å². The van der Waals surface area contributed by atoms with E-state index in [0.29, 0.717) is 30.5 Å². The van der Waals surface area contributed by atoms with Crippen molar-refractivity contribution in [3.05, 3.63) is 35.3 Å². The highest BCUT2D eigenvalue weighted by Gasteiger charge is 2.21. The zero-order chi connectivity index (χ0) is 21.1. The molecule has 3 N–H and O–H groups in total. The van der Waals surface area contributed by atoms with Crippen molar-refractivity contribution in [1.82, 2.24) is 29.9 Å². The van der Waals surface area contributed by atoms with Crippen LogP contribution in [0.15, 0.2) is 18.5 Å². The average molecular weight is 411 g/mol. The molecule has 0 radical (unpaired) electrons. The Labute approximate surface area is 176 Å². The van der Waals surface area contributed by atoms with E-state index in [1.807, 2.05) is 6.20 Å². The Kier molecular flexibility index (Phi) is 5.98. The Hall–Kier alpha value is -2.94. The van der Waals surface area contributed by atoms with E-state index in [1.165, 1.54) is 5.56 Å². The van der Waals surface area contributed by atoms with Gasteiger partial charge in [-0.05, 0) is 31.4 Å². The van der Waals surface area contributed by atoms with Gasteiger partial charge >= 0.3 is 6.01 Å². The van der Waals surface area contributed by atoms with Gasteiger partial charge in [-0.3, -0.25) is 0 Å². The average Bonchev–Trinajstić information content (AvgIpc) is 3.12. The first-order chi connectivity index (χ1) is 14.6. The molecule has 0 saturated carbocycles. The second-order valence-corrected chi connectivity index (χ2v) is 7.87. The molecule has 160 valence electrons. The largest absolute Gasteiger partial charge is 0.462 e. The molecule has 30 heavy (non-hydrogen) atoms. The summed E-state index contributed by atoms with van der Waals surface area (Å²) in [4.78, 5) is 15.8. The van der Waals surface area contributed by atoms with Crippen LogP contribution >= 0.6 is 0 Å². The van der Waals surface area contributed by atoms with Crippen molar-refractivity contribution >= 4 is 17.3 Å². The Morgan fingerprint density at radius 1 is 1.30 bits per heavy atom. The molecule has 4 heterocycles. The fourth-order valence-corrected chi connectivity index (χ4v) is 3.81. The summed E-state index contributed by atoms with van der Waals surface area (Å²) in [6.45, 7) is 9.96. The maximum absolute atomic E-state index is 6.07. The number of rotatable bonds is 7. The number of hydrogen-bond acceptors (Lipinski definition) is 8. The predicted octanol–water partition coefficient (Wildman–Crippen LogP) is 1.98. The molecule has 0 aromatic carbocycles. The maximum atomic E-state index is 6.07. The number of fused-ring (bicyclic) bond motifs is 1. The summed E-state index contributed by atoms with van der Waals surface area (Å²) in [5.74, 6) is 1.38. The summed E-state index contributed by atoms with van der Waals surface area (Å²) < 4.78 is 7.38. The number of unbranched alkanes of at least 4 members (excludes halogenated alkanes) is 1. The highest BCUT2D eigenvalue weighted by molar-refractivity contribution is 5.60. The predicted molar refractivity (Wildman–Crippen MR) is 117 cm³/mol. The third-order valence-corrected chi connectivity index (χ3v) is 5.43. The highest BCUT2D eigenvalue weighted by atomic mass is 16.5. The zero-order valence-corrected chi connectivity index (χ0v) is 17.9. The molecule has 1 aliphatic heterocycles. The molecule has 4 rings (SSSR count). The minimum absolute atomic E-state index is 0.282. The number of nitrogens with one attached hydrogen (secondary N) is 1. The first kappa shape index (κ1) is 20.3. The third-order valence-electron chi connectivity index (χ3n) is 5.43. The summed E-state index contributed by atoms with van der Waals surface area (Å²) in [5, 5.41) is 7.92. The van der Waals surface area contributed by atoms with Crippen LogP contribution in [-0.4, -0.2) is 56.8 Å². The lowest BCUT2D eigenvalue weighted by Gasteiger charge is -2.35. The number of ether oxygens (including phenoxy) is 1. The number of aromatic nitrogens is 5. The lowest BCUT2D eigenvalue weighted by atomic mass is 10.1. The van der Waals surface area contributed by atoms with Gasteiger partial charge in [-0.2, -0.15) is 4.98 Å². The van der Waals surface area contributed by atoms with Crippen molar-refractivity contribution in [2.45, 2.75) is 46.1 Å². The van der Waals surface area contributed by atoms with Crippen LogP contribution in [0.2, 0.25) is 0 Å². The van der Waals surface area contributed by atoms with Crippen LogP contribution in [0.25, 0.3) is 5.65 Å². The molecule has 1 saturated heterocycles. The molecule has 1 atom stereocenters. The van der Waals surface area contributed by atoms with E-state index in [1.54, 1.807) is 10.7 Å². The van der Waals surface area contributed by atoms with Crippen LogP contribution in [0.3, 0.4) is 0 Å². The van der Waals surface area contributed by atoms with Gasteiger partial charge in [0.15, 0.2) is 11.5 Å². The van der Waals surface area contributed by atoms with Crippen molar-refractivity contribution in [2.75, 3.05) is 36.9 Å². The number of hydrogen-bond donors (Lipinski definition) is 2. The molecule has 9 heteroatoms. The number of nitrogens with zero attached hydrogens (tertiary/aromatic N) is 6. The van der Waals surface area contributed by atoms with Crippen molar-refractivity contribution in [3.63, 3.8) is 0 Å². The van der Waals surface area contributed by atoms with Gasteiger partial charge in [0, 0.05) is 38.3 Å². The van der Waals surface area contributed by atoms with Crippen molar-refractivity contribution in [1.29, 1.82) is 0 Å². The molecule has 3 aromatic heterocycles. The van der Waals surface area contributed by atoms with E-state index in [9.17, 15) is 0 Å². The number of nitrogen functional groups attached to an aromatic ring is 1. The summed E-state index contributed by atoms with van der Waals surface area (Å²) >= 11 is 0. The quantitative estimate of drug-likeness (QED) is 0.570. The molecular formula is C21H30N8O. The molecule has 0 aliphatic carbocycles. The normalized spacial score (nSPS) is 16.9. The SMILES string of the molecule is CCCCOc1nc(N)c2ncc(Cc3cnc(N4CCNC[C@H]4C)c(C)c3)n2n1. The summed E-state index contributed by atoms with van der Waals surface area (Å²) in [6.07, 6.45) is 6.37. The molecule has 0 spiro atoms. The minimum atomic E-state index is 0.282. The fraction of sp³-hybridized carbons (Fsp3) is 0.524. The number of nitrogens with two attached hydrogens (primary N) is 1. The van der Waals surface area contributed by atoms with Gasteiger partial charge in [0.2, 0.25) is 0 Å². The van der Waals surface area contributed by atoms with Gasteiger partial charge in [-0.25, -0.2) is 14.5 Å². The van der Waals surface area contributed by atoms with Crippen LogP contribution in [0.4, 0.5) is 11.6 Å². The zero-order valence-electron chi connectivity index (χ0n) is 17.9. The first-order valence-electron chi connectivity index (χ1n) is 10.6. The van der Waals surface area contributed by atoms with Crippen molar-refractivity contribution < 1.29 is 4.74 Å². The van der Waals surface area contributed by atoms with Gasteiger partial charge in [0.25, 0.3) is 0 Å². The number of pyridine rings is 1. The van der Waals surface area contributed by atoms with E-state index in [-0.39, 0.29) is 6.01 Å². The standard InChI is InChI=1S/C21H30N8O/c1-4-5-8-30-21-26-18(22)20-25-13-17(29(20)27-21)10-16-9-14(2)19(24-12-16)28-7-6-23-11-15(28)3/h9,12-13,15,23H,4-8,10-11H2,1-3H3,(H2,22,26,27)/t15-/m1/s1. The Bertz CT molecular complexity index is 1020. The van der Waals surface area contributed by atoms with Gasteiger partial charge in [0.05, 0.1) is 18.5 Å². The van der Waals surface area contributed by atoms with Gasteiger partial charge < -0.3 is 20.7 Å². The van der Waals surface area contributed by atoms with Crippen LogP contribution in [0.5, 0.6) is 6.01 Å². The molecule has 1 fully saturated rings. The first-order valence-corrected chi connectivity index (χ1v) is 10.6. The molecule has 0 amide bonds. The van der Waals surface area contributed by atoms with E-state index in [2.05, 4.69) is 52.1 Å². The lowest BCUT2D eigenvalue weighted by molar-refractivity contribution is 0.280. The van der Waals surface area contributed by atoms with Crippen LogP contribution < -0.4 is 20.7 Å². The Morgan fingerprint density at radius 3 is 2.93 bits per heavy atom. The highest BCUT2D eigenvalue weighted by Crippen LogP contribution is 2.23. The van der Waals surface area contributed by atoms with Gasteiger partial charge in [-0.15, -0.1) is 5.10 Å². The van der Waals surface area contributed by atoms with Crippen molar-refractivity contribution in [3.8, 4) is 6.01 Å². The van der Waals surface area contributed by atoms with E-state index in [4.69, 9.17) is 15.5 Å². The fourth-order valence-electron chi connectivity index (χ4n) is 3.81. The summed E-state index contributed by atoms with van der Waals surface area (Å²) in [7, 11) is 0. The molecule has 9 nitrogen and oxygen atoms in total. The number of imidazole rings is 1. The Morgan fingerprint density at radius 2 is 2.17 bits per heavy atom. The number of aryl methyl sites for hydroxylation is 1. The molecule has 1 aliphatic rings. The number of piperazine rings is 1. The topological polar surface area (TPSA) is 106 Å². The summed E-state index contributed by atoms with van der Waals surface area (Å²) in [6, 6.07) is 2.91. The third kappa shape index (κ3) is 4.16. The lowest BCUT2D eigenvalue weighted by Crippen LogP contribution is -2.50. The van der Waals surface area contributed by atoms with E-state index < -0.39 is 0 Å². The monoisotopic (exact) mass is 410 g/mol. The molecule has 0 bridgehead atoms. The van der Waals surface area contributed by atoms with E-state index in [0.717, 1.165) is 49.6 Å². The molecule has 0 unspecified atom stereocenters. The smallest absolute Gasteiger partial charge is 0.336 e. The van der Waals surface area contributed by atoms with Crippen LogP contribution in [-0.2, 0) is 6.42 Å². The second-order valence-electron chi connectivity index (χ2n) is 7.87. The summed E-state index contributed by atoms with van der Waals surface area (Å²) in [5.41, 5.74) is 9.81. The van der Waals surface area contributed by atoms with E-state index >= 15 is 0 Å². The minimum Gasteiger partial charge on any atom is -0.462 e. The van der Waals surface area contributed by atoms with Crippen molar-refractivity contribution in [2.24, 2.45) is 0 Å². The molecule has 3 aromatic rings. The second kappa shape index (κ2) is 8.83. The Balaban J connectivity index is 1.57. The molecular weight excluding hydrogens is 380 g/mol. The van der Waals surface area contributed by atoms with Crippen LogP contribution in [0, 0.1) is 6.92 Å². The van der Waals surface area contributed by atoms with Crippen LogP contribution in [0.1, 0.15) is 43.5 Å². The van der Waals surface area contributed by atoms with Gasteiger partial charge in [0.1, 0.15) is 5.82 Å². The maximum Gasteiger partial charge on any atom is 0.336 e.